The number of rotatable bonds is 4. The molecule has 1 amide bonds. The van der Waals surface area contributed by atoms with Crippen LogP contribution in [-0.2, 0) is 25.4 Å². The fourth-order valence-corrected chi connectivity index (χ4v) is 3.40. The second kappa shape index (κ2) is 7.31. The van der Waals surface area contributed by atoms with Crippen molar-refractivity contribution in [1.29, 1.82) is 0 Å². The summed E-state index contributed by atoms with van der Waals surface area (Å²) < 4.78 is 5.04. The number of anilines is 1. The Kier molecular flexibility index (Phi) is 4.76. The van der Waals surface area contributed by atoms with E-state index < -0.39 is 23.7 Å². The first-order valence-corrected chi connectivity index (χ1v) is 9.45. The Labute approximate surface area is 175 Å². The lowest BCUT2D eigenvalue weighted by Crippen LogP contribution is -2.42. The van der Waals surface area contributed by atoms with E-state index in [1.807, 2.05) is 19.9 Å². The van der Waals surface area contributed by atoms with Crippen LogP contribution in [0.2, 0.25) is 0 Å². The van der Waals surface area contributed by atoms with E-state index in [2.05, 4.69) is 25.4 Å². The number of amides is 1. The molecule has 1 N–H and O–H groups in total. The number of carbonyl (C=O) groups excluding carboxylic acids is 1. The van der Waals surface area contributed by atoms with Crippen molar-refractivity contribution in [2.24, 2.45) is 14.1 Å². The number of nitrogens with zero attached hydrogens (tertiary/aromatic N) is 8. The van der Waals surface area contributed by atoms with Crippen molar-refractivity contribution in [3.05, 3.63) is 56.4 Å². The standard InChI is InChI=1S/C19H21N9O3/c1-10-6-11(2)22-18(21-10)28-13(7-12(3)24-28)23-14(29)8-27-17(30)15-16(20-9-25(15)4)26(5)19(27)31/h6-7,9H,8H2,1-5H3,(H,23,29). The molecule has 160 valence electrons. The van der Waals surface area contributed by atoms with Crippen LogP contribution in [-0.4, -0.2) is 44.3 Å². The molecule has 0 spiro atoms. The normalized spacial score (nSPS) is 11.3. The topological polar surface area (TPSA) is 135 Å². The van der Waals surface area contributed by atoms with E-state index >= 15 is 0 Å². The molecule has 0 aliphatic rings. The Balaban J connectivity index is 1.69. The molecule has 4 heterocycles. The van der Waals surface area contributed by atoms with Crippen LogP contribution < -0.4 is 16.6 Å². The van der Waals surface area contributed by atoms with Crippen molar-refractivity contribution in [3.63, 3.8) is 0 Å². The summed E-state index contributed by atoms with van der Waals surface area (Å²) in [7, 11) is 3.15. The predicted molar refractivity (Wildman–Crippen MR) is 112 cm³/mol. The summed E-state index contributed by atoms with van der Waals surface area (Å²) in [5.74, 6) is 0.0792. The summed E-state index contributed by atoms with van der Waals surface area (Å²) >= 11 is 0. The molecule has 0 aliphatic heterocycles. The molecule has 4 aromatic heterocycles. The molecule has 0 aliphatic carbocycles. The Morgan fingerprint density at radius 3 is 2.39 bits per heavy atom. The summed E-state index contributed by atoms with van der Waals surface area (Å²) in [6.07, 6.45) is 1.45. The number of imidazole rings is 1. The van der Waals surface area contributed by atoms with Crippen molar-refractivity contribution in [2.45, 2.75) is 27.3 Å². The molecule has 0 bridgehead atoms. The predicted octanol–water partition coefficient (Wildman–Crippen LogP) is -0.0266. The van der Waals surface area contributed by atoms with Gasteiger partial charge in [0.15, 0.2) is 11.2 Å². The van der Waals surface area contributed by atoms with Gasteiger partial charge in [-0.25, -0.2) is 24.3 Å². The van der Waals surface area contributed by atoms with E-state index in [4.69, 9.17) is 0 Å². The number of hydrogen-bond donors (Lipinski definition) is 1. The lowest BCUT2D eigenvalue weighted by Gasteiger charge is -2.11. The first-order valence-electron chi connectivity index (χ1n) is 9.45. The smallest absolute Gasteiger partial charge is 0.328 e. The van der Waals surface area contributed by atoms with Crippen LogP contribution in [0.1, 0.15) is 17.1 Å². The molecule has 0 radical (unpaired) electrons. The molecular weight excluding hydrogens is 402 g/mol. The zero-order valence-corrected chi connectivity index (χ0v) is 17.7. The maximum absolute atomic E-state index is 12.8. The minimum absolute atomic E-state index is 0.236. The summed E-state index contributed by atoms with van der Waals surface area (Å²) in [5, 5.41) is 7.05. The minimum Gasteiger partial charge on any atom is -0.328 e. The zero-order chi connectivity index (χ0) is 22.4. The molecule has 0 saturated carbocycles. The van der Waals surface area contributed by atoms with E-state index in [1.165, 1.54) is 27.2 Å². The number of aromatic nitrogens is 8. The van der Waals surface area contributed by atoms with Crippen LogP contribution in [0.15, 0.2) is 28.0 Å². The molecule has 4 aromatic rings. The minimum atomic E-state index is -0.631. The molecule has 0 atom stereocenters. The highest BCUT2D eigenvalue weighted by Crippen LogP contribution is 2.15. The van der Waals surface area contributed by atoms with Crippen molar-refractivity contribution in [3.8, 4) is 5.95 Å². The Hall–Kier alpha value is -4.09. The van der Waals surface area contributed by atoms with Crippen molar-refractivity contribution in [1.82, 2.24) is 38.4 Å². The highest BCUT2D eigenvalue weighted by Gasteiger charge is 2.19. The molecular formula is C19H21N9O3. The van der Waals surface area contributed by atoms with Gasteiger partial charge in [-0.2, -0.15) is 9.78 Å². The summed E-state index contributed by atoms with van der Waals surface area (Å²) in [4.78, 5) is 51.0. The molecule has 0 fully saturated rings. The third-order valence-corrected chi connectivity index (χ3v) is 4.76. The molecule has 0 saturated heterocycles. The van der Waals surface area contributed by atoms with Crippen molar-refractivity contribution >= 4 is 22.9 Å². The highest BCUT2D eigenvalue weighted by atomic mass is 16.2. The number of nitrogens with one attached hydrogen (secondary N) is 1. The maximum atomic E-state index is 12.8. The third-order valence-electron chi connectivity index (χ3n) is 4.76. The quantitative estimate of drug-likeness (QED) is 0.487. The van der Waals surface area contributed by atoms with Gasteiger partial charge in [-0.3, -0.25) is 14.2 Å². The summed E-state index contributed by atoms with van der Waals surface area (Å²) in [5.41, 5.74) is 1.43. The fraction of sp³-hybridized carbons (Fsp3) is 0.316. The van der Waals surface area contributed by atoms with E-state index in [0.29, 0.717) is 17.5 Å². The van der Waals surface area contributed by atoms with Crippen LogP contribution in [0.5, 0.6) is 0 Å². The molecule has 0 unspecified atom stereocenters. The molecule has 4 rings (SSSR count). The lowest BCUT2D eigenvalue weighted by atomic mass is 10.4. The SMILES string of the molecule is Cc1cc(C)nc(-n2nc(C)cc2NC(=O)Cn2c(=O)c3c(ncn3C)n(C)c2=O)n1. The van der Waals surface area contributed by atoms with Gasteiger partial charge in [-0.05, 0) is 26.8 Å². The van der Waals surface area contributed by atoms with Gasteiger partial charge in [-0.1, -0.05) is 0 Å². The van der Waals surface area contributed by atoms with Gasteiger partial charge in [0, 0.05) is 31.5 Å². The Morgan fingerprint density at radius 2 is 1.71 bits per heavy atom. The number of carbonyl (C=O) groups is 1. The largest absolute Gasteiger partial charge is 0.332 e. The maximum Gasteiger partial charge on any atom is 0.332 e. The van der Waals surface area contributed by atoms with Gasteiger partial charge in [0.05, 0.1) is 12.0 Å². The van der Waals surface area contributed by atoms with Gasteiger partial charge in [-0.15, -0.1) is 0 Å². The summed E-state index contributed by atoms with van der Waals surface area (Å²) in [6, 6.07) is 3.49. The van der Waals surface area contributed by atoms with Gasteiger partial charge in [0.2, 0.25) is 5.91 Å². The van der Waals surface area contributed by atoms with E-state index in [0.717, 1.165) is 16.0 Å². The molecule has 0 aromatic carbocycles. The van der Waals surface area contributed by atoms with Crippen LogP contribution in [0.25, 0.3) is 17.1 Å². The van der Waals surface area contributed by atoms with Crippen LogP contribution in [0.3, 0.4) is 0 Å². The first kappa shape index (κ1) is 20.2. The fourth-order valence-electron chi connectivity index (χ4n) is 3.40. The zero-order valence-electron chi connectivity index (χ0n) is 17.7. The average Bonchev–Trinajstić information content (AvgIpc) is 3.25. The highest BCUT2D eigenvalue weighted by molar-refractivity contribution is 5.90. The number of aryl methyl sites for hydroxylation is 5. The monoisotopic (exact) mass is 423 g/mol. The average molecular weight is 423 g/mol. The first-order chi connectivity index (χ1) is 14.7. The lowest BCUT2D eigenvalue weighted by molar-refractivity contribution is -0.116. The molecule has 12 heteroatoms. The van der Waals surface area contributed by atoms with Crippen molar-refractivity contribution in [2.75, 3.05) is 5.32 Å². The van der Waals surface area contributed by atoms with Gasteiger partial charge < -0.3 is 9.88 Å². The van der Waals surface area contributed by atoms with Gasteiger partial charge >= 0.3 is 5.69 Å². The third kappa shape index (κ3) is 3.52. The van der Waals surface area contributed by atoms with E-state index in [9.17, 15) is 14.4 Å². The van der Waals surface area contributed by atoms with E-state index in [1.54, 1.807) is 20.0 Å². The number of fused-ring (bicyclic) bond motifs is 1. The van der Waals surface area contributed by atoms with Crippen LogP contribution >= 0.6 is 0 Å². The van der Waals surface area contributed by atoms with Crippen molar-refractivity contribution < 1.29 is 4.79 Å². The molecule has 31 heavy (non-hydrogen) atoms. The second-order valence-corrected chi connectivity index (χ2v) is 7.34. The van der Waals surface area contributed by atoms with E-state index in [-0.39, 0.29) is 11.2 Å². The Bertz CT molecular complexity index is 1430. The van der Waals surface area contributed by atoms with Gasteiger partial charge in [0.25, 0.3) is 11.5 Å². The van der Waals surface area contributed by atoms with Crippen LogP contribution in [0, 0.1) is 20.8 Å². The Morgan fingerprint density at radius 1 is 1.03 bits per heavy atom. The second-order valence-electron chi connectivity index (χ2n) is 7.34. The molecule has 12 nitrogen and oxygen atoms in total. The summed E-state index contributed by atoms with van der Waals surface area (Å²) in [6.45, 7) is 4.98. The number of hydrogen-bond acceptors (Lipinski definition) is 7. The van der Waals surface area contributed by atoms with Gasteiger partial charge in [0.1, 0.15) is 12.4 Å². The van der Waals surface area contributed by atoms with Crippen LogP contribution in [0.4, 0.5) is 5.82 Å².